The summed E-state index contributed by atoms with van der Waals surface area (Å²) < 4.78 is 18.5. The molecule has 0 bridgehead atoms. The molecule has 4 heteroatoms. The van der Waals surface area contributed by atoms with Crippen LogP contribution < -0.4 is 0 Å². The zero-order valence-corrected chi connectivity index (χ0v) is 13.1. The van der Waals surface area contributed by atoms with Gasteiger partial charge in [0.1, 0.15) is 5.82 Å². The number of halogens is 1. The topological polar surface area (TPSA) is 29.5 Å². The van der Waals surface area contributed by atoms with Crippen LogP contribution in [0.2, 0.25) is 0 Å². The summed E-state index contributed by atoms with van der Waals surface area (Å²) >= 11 is 0. The molecule has 0 heterocycles. The summed E-state index contributed by atoms with van der Waals surface area (Å²) in [6.45, 7) is 2.99. The quantitative estimate of drug-likeness (QED) is 0.794. The molecule has 1 fully saturated rings. The number of carbonyl (C=O) groups is 1. The van der Waals surface area contributed by atoms with Crippen LogP contribution in [-0.2, 0) is 11.3 Å². The van der Waals surface area contributed by atoms with Crippen molar-refractivity contribution in [3.63, 3.8) is 0 Å². The molecule has 1 saturated carbocycles. The molecule has 0 aliphatic heterocycles. The van der Waals surface area contributed by atoms with Crippen LogP contribution in [-0.4, -0.2) is 31.1 Å². The highest BCUT2D eigenvalue weighted by Gasteiger charge is 2.25. The zero-order chi connectivity index (χ0) is 15.4. The second kappa shape index (κ2) is 7.03. The van der Waals surface area contributed by atoms with E-state index in [1.54, 1.807) is 6.07 Å². The normalized spacial score (nSPS) is 22.3. The second-order valence-electron chi connectivity index (χ2n) is 6.05. The molecule has 1 aliphatic rings. The Hall–Kier alpha value is -1.42. The van der Waals surface area contributed by atoms with Crippen molar-refractivity contribution in [2.75, 3.05) is 14.2 Å². The molecule has 21 heavy (non-hydrogen) atoms. The molecule has 1 aromatic carbocycles. The molecular formula is C17H24FNO2. The van der Waals surface area contributed by atoms with Crippen LogP contribution in [0.3, 0.4) is 0 Å². The van der Waals surface area contributed by atoms with Gasteiger partial charge in [-0.2, -0.15) is 0 Å². The van der Waals surface area contributed by atoms with Gasteiger partial charge in [-0.3, -0.25) is 4.90 Å². The molecule has 0 spiro atoms. The Morgan fingerprint density at radius 1 is 1.38 bits per heavy atom. The molecule has 1 aliphatic carbocycles. The molecule has 2 rings (SSSR count). The molecule has 2 unspecified atom stereocenters. The van der Waals surface area contributed by atoms with Crippen molar-refractivity contribution >= 4 is 5.97 Å². The number of nitrogens with zero attached hydrogens (tertiary/aromatic N) is 1. The Balaban J connectivity index is 2.05. The first-order valence-electron chi connectivity index (χ1n) is 7.60. The van der Waals surface area contributed by atoms with Gasteiger partial charge in [0.05, 0.1) is 12.7 Å². The lowest BCUT2D eigenvalue weighted by molar-refractivity contribution is 0.0595. The lowest BCUT2D eigenvalue weighted by Gasteiger charge is -2.36. The molecule has 0 aromatic heterocycles. The number of esters is 1. The SMILES string of the molecule is COC(=O)c1ccc(CN(C)C2CCCCC2C)cc1F. The van der Waals surface area contributed by atoms with E-state index < -0.39 is 11.8 Å². The minimum Gasteiger partial charge on any atom is -0.465 e. The fraction of sp³-hybridized carbons (Fsp3) is 0.588. The van der Waals surface area contributed by atoms with Crippen molar-refractivity contribution in [1.29, 1.82) is 0 Å². The minimum atomic E-state index is -0.631. The van der Waals surface area contributed by atoms with Gasteiger partial charge >= 0.3 is 5.97 Å². The van der Waals surface area contributed by atoms with E-state index in [1.807, 2.05) is 0 Å². The standard InChI is InChI=1S/C17H24FNO2/c1-12-6-4-5-7-16(12)19(2)11-13-8-9-14(15(18)10-13)17(20)21-3/h8-10,12,16H,4-7,11H2,1-3H3. The highest BCUT2D eigenvalue weighted by atomic mass is 19.1. The fourth-order valence-electron chi connectivity index (χ4n) is 3.29. The van der Waals surface area contributed by atoms with Gasteiger partial charge < -0.3 is 4.74 Å². The van der Waals surface area contributed by atoms with Gasteiger partial charge in [-0.1, -0.05) is 25.8 Å². The maximum Gasteiger partial charge on any atom is 0.340 e. The Bertz CT molecular complexity index is 504. The average molecular weight is 293 g/mol. The van der Waals surface area contributed by atoms with E-state index in [-0.39, 0.29) is 5.56 Å². The predicted molar refractivity (Wildman–Crippen MR) is 80.6 cm³/mol. The van der Waals surface area contributed by atoms with Gasteiger partial charge in [0.2, 0.25) is 0 Å². The molecule has 2 atom stereocenters. The Morgan fingerprint density at radius 2 is 2.10 bits per heavy atom. The van der Waals surface area contributed by atoms with E-state index in [0.717, 1.165) is 5.56 Å². The van der Waals surface area contributed by atoms with E-state index in [1.165, 1.54) is 44.9 Å². The largest absolute Gasteiger partial charge is 0.465 e. The monoisotopic (exact) mass is 293 g/mol. The van der Waals surface area contributed by atoms with Crippen molar-refractivity contribution in [2.24, 2.45) is 5.92 Å². The van der Waals surface area contributed by atoms with Crippen molar-refractivity contribution < 1.29 is 13.9 Å². The van der Waals surface area contributed by atoms with Crippen LogP contribution in [0.1, 0.15) is 48.5 Å². The van der Waals surface area contributed by atoms with Crippen LogP contribution in [0, 0.1) is 11.7 Å². The number of carbonyl (C=O) groups excluding carboxylic acids is 1. The van der Waals surface area contributed by atoms with Gasteiger partial charge in [0.25, 0.3) is 0 Å². The Labute approximate surface area is 126 Å². The molecule has 1 aromatic rings. The summed E-state index contributed by atoms with van der Waals surface area (Å²) in [4.78, 5) is 13.7. The van der Waals surface area contributed by atoms with Crippen LogP contribution in [0.15, 0.2) is 18.2 Å². The molecule has 116 valence electrons. The second-order valence-corrected chi connectivity index (χ2v) is 6.05. The van der Waals surface area contributed by atoms with Crippen molar-refractivity contribution in [2.45, 2.75) is 45.2 Å². The molecule has 0 N–H and O–H groups in total. The molecular weight excluding hydrogens is 269 g/mol. The third kappa shape index (κ3) is 3.82. The van der Waals surface area contributed by atoms with Gasteiger partial charge in [-0.05, 0) is 43.5 Å². The predicted octanol–water partition coefficient (Wildman–Crippen LogP) is 3.62. The van der Waals surface area contributed by atoms with Crippen molar-refractivity contribution in [3.8, 4) is 0 Å². The number of hydrogen-bond donors (Lipinski definition) is 0. The number of rotatable bonds is 4. The number of hydrogen-bond acceptors (Lipinski definition) is 3. The highest BCUT2D eigenvalue weighted by molar-refractivity contribution is 5.89. The summed E-state index contributed by atoms with van der Waals surface area (Å²) in [5, 5.41) is 0. The van der Waals surface area contributed by atoms with Crippen LogP contribution in [0.5, 0.6) is 0 Å². The lowest BCUT2D eigenvalue weighted by Crippen LogP contribution is -2.38. The smallest absolute Gasteiger partial charge is 0.340 e. The van der Waals surface area contributed by atoms with Crippen LogP contribution in [0.25, 0.3) is 0 Å². The van der Waals surface area contributed by atoms with Crippen molar-refractivity contribution in [3.05, 3.63) is 35.1 Å². The van der Waals surface area contributed by atoms with Crippen LogP contribution in [0.4, 0.5) is 4.39 Å². The number of ether oxygens (including phenoxy) is 1. The van der Waals surface area contributed by atoms with Gasteiger partial charge in [0, 0.05) is 12.6 Å². The maximum atomic E-state index is 13.9. The number of benzene rings is 1. The summed E-state index contributed by atoms with van der Waals surface area (Å²) in [7, 11) is 3.35. The summed E-state index contributed by atoms with van der Waals surface area (Å²) in [6, 6.07) is 5.31. The summed E-state index contributed by atoms with van der Waals surface area (Å²) in [6.07, 6.45) is 5.06. The first-order valence-corrected chi connectivity index (χ1v) is 7.60. The summed E-state index contributed by atoms with van der Waals surface area (Å²) in [5.74, 6) is -0.458. The summed E-state index contributed by atoms with van der Waals surface area (Å²) in [5.41, 5.74) is 0.885. The van der Waals surface area contributed by atoms with E-state index in [2.05, 4.69) is 23.6 Å². The number of methoxy groups -OCH3 is 1. The first kappa shape index (κ1) is 16.0. The Morgan fingerprint density at radius 3 is 2.71 bits per heavy atom. The lowest BCUT2D eigenvalue weighted by atomic mass is 9.85. The maximum absolute atomic E-state index is 13.9. The van der Waals surface area contributed by atoms with Gasteiger partial charge in [0.15, 0.2) is 0 Å². The average Bonchev–Trinajstić information content (AvgIpc) is 2.47. The molecule has 0 saturated heterocycles. The van der Waals surface area contributed by atoms with E-state index in [4.69, 9.17) is 0 Å². The first-order chi connectivity index (χ1) is 10.0. The Kier molecular flexibility index (Phi) is 5.34. The third-order valence-corrected chi connectivity index (χ3v) is 4.50. The molecule has 3 nitrogen and oxygen atoms in total. The van der Waals surface area contributed by atoms with Crippen molar-refractivity contribution in [1.82, 2.24) is 4.90 Å². The van der Waals surface area contributed by atoms with E-state index in [9.17, 15) is 9.18 Å². The minimum absolute atomic E-state index is 0.00469. The van der Waals surface area contributed by atoms with Gasteiger partial charge in [-0.25, -0.2) is 9.18 Å². The van der Waals surface area contributed by atoms with E-state index in [0.29, 0.717) is 18.5 Å². The third-order valence-electron chi connectivity index (χ3n) is 4.50. The van der Waals surface area contributed by atoms with Gasteiger partial charge in [-0.15, -0.1) is 0 Å². The molecule has 0 radical (unpaired) electrons. The van der Waals surface area contributed by atoms with E-state index >= 15 is 0 Å². The fourth-order valence-corrected chi connectivity index (χ4v) is 3.29. The zero-order valence-electron chi connectivity index (χ0n) is 13.1. The molecule has 0 amide bonds. The highest BCUT2D eigenvalue weighted by Crippen LogP contribution is 2.28. The van der Waals surface area contributed by atoms with Crippen LogP contribution >= 0.6 is 0 Å².